The number of carboxylic acid groups (broad SMARTS) is 1. The van der Waals surface area contributed by atoms with Crippen LogP contribution in [0.4, 0.5) is 11.4 Å². The van der Waals surface area contributed by atoms with E-state index in [1.165, 1.54) is 18.9 Å². The van der Waals surface area contributed by atoms with Crippen molar-refractivity contribution in [2.24, 2.45) is 5.92 Å². The van der Waals surface area contributed by atoms with E-state index in [1.54, 1.807) is 12.1 Å². The molecule has 0 fully saturated rings. The van der Waals surface area contributed by atoms with Crippen molar-refractivity contribution >= 4 is 17.3 Å². The minimum Gasteiger partial charge on any atom is -0.478 e. The highest BCUT2D eigenvalue weighted by molar-refractivity contribution is 5.94. The van der Waals surface area contributed by atoms with Gasteiger partial charge in [-0.25, -0.2) is 4.79 Å². The Morgan fingerprint density at radius 2 is 2.11 bits per heavy atom. The molecule has 0 saturated carbocycles. The average molecular weight is 250 g/mol. The van der Waals surface area contributed by atoms with Crippen LogP contribution in [0, 0.1) is 5.92 Å². The monoisotopic (exact) mass is 250 g/mol. The molecule has 0 heterocycles. The lowest BCUT2D eigenvalue weighted by Crippen LogP contribution is -2.06. The Morgan fingerprint density at radius 3 is 2.67 bits per heavy atom. The van der Waals surface area contributed by atoms with Gasteiger partial charge in [0.25, 0.3) is 0 Å². The second-order valence-corrected chi connectivity index (χ2v) is 4.92. The third-order valence-corrected chi connectivity index (χ3v) is 2.82. The average Bonchev–Trinajstić information content (AvgIpc) is 2.27. The Morgan fingerprint density at radius 1 is 1.39 bits per heavy atom. The number of nitrogen functional groups attached to an aromatic ring is 1. The fourth-order valence-electron chi connectivity index (χ4n) is 1.78. The van der Waals surface area contributed by atoms with Crippen LogP contribution in [0.5, 0.6) is 0 Å². The molecule has 4 N–H and O–H groups in total. The normalized spacial score (nSPS) is 10.6. The Labute approximate surface area is 108 Å². The van der Waals surface area contributed by atoms with Gasteiger partial charge in [-0.1, -0.05) is 26.7 Å². The molecule has 0 saturated heterocycles. The van der Waals surface area contributed by atoms with Crippen molar-refractivity contribution in [3.05, 3.63) is 23.8 Å². The van der Waals surface area contributed by atoms with Gasteiger partial charge in [-0.3, -0.25) is 0 Å². The minimum atomic E-state index is -0.990. The number of hydrogen-bond acceptors (Lipinski definition) is 3. The zero-order chi connectivity index (χ0) is 13.5. The summed E-state index contributed by atoms with van der Waals surface area (Å²) < 4.78 is 0. The van der Waals surface area contributed by atoms with Gasteiger partial charge in [0.2, 0.25) is 0 Å². The van der Waals surface area contributed by atoms with Crippen molar-refractivity contribution in [1.82, 2.24) is 0 Å². The molecular formula is C14H22N2O2. The number of unbranched alkanes of at least 4 members (excludes halogenated alkanes) is 1. The van der Waals surface area contributed by atoms with Gasteiger partial charge in [0.1, 0.15) is 0 Å². The standard InChI is InChI=1S/C14H22N2O2/c1-10(2)5-3-4-8-16-11-6-7-12(14(17)18)13(15)9-11/h6-7,9-10,16H,3-5,8,15H2,1-2H3,(H,17,18). The Hall–Kier alpha value is -1.71. The van der Waals surface area contributed by atoms with E-state index < -0.39 is 5.97 Å². The lowest BCUT2D eigenvalue weighted by molar-refractivity contribution is 0.0698. The number of nitrogens with one attached hydrogen (secondary N) is 1. The number of anilines is 2. The van der Waals surface area contributed by atoms with Crippen molar-refractivity contribution in [3.8, 4) is 0 Å². The molecule has 4 nitrogen and oxygen atoms in total. The van der Waals surface area contributed by atoms with Gasteiger partial charge in [-0.15, -0.1) is 0 Å². The van der Waals surface area contributed by atoms with Gasteiger partial charge < -0.3 is 16.2 Å². The second-order valence-electron chi connectivity index (χ2n) is 4.92. The molecule has 0 bridgehead atoms. The molecule has 0 aliphatic carbocycles. The van der Waals surface area contributed by atoms with Gasteiger partial charge in [-0.2, -0.15) is 0 Å². The van der Waals surface area contributed by atoms with E-state index in [4.69, 9.17) is 10.8 Å². The van der Waals surface area contributed by atoms with Crippen LogP contribution in [0.15, 0.2) is 18.2 Å². The highest BCUT2D eigenvalue weighted by atomic mass is 16.4. The zero-order valence-corrected chi connectivity index (χ0v) is 11.1. The third kappa shape index (κ3) is 4.65. The van der Waals surface area contributed by atoms with Crippen LogP contribution in [0.25, 0.3) is 0 Å². The summed E-state index contributed by atoms with van der Waals surface area (Å²) in [6, 6.07) is 4.96. The fourth-order valence-corrected chi connectivity index (χ4v) is 1.78. The SMILES string of the molecule is CC(C)CCCCNc1ccc(C(=O)O)c(N)c1. The Bertz CT molecular complexity index is 403. The largest absolute Gasteiger partial charge is 0.478 e. The van der Waals surface area contributed by atoms with E-state index in [1.807, 2.05) is 0 Å². The summed E-state index contributed by atoms with van der Waals surface area (Å²) in [5.41, 5.74) is 7.00. The van der Waals surface area contributed by atoms with Crippen molar-refractivity contribution < 1.29 is 9.90 Å². The lowest BCUT2D eigenvalue weighted by atomic mass is 10.1. The molecule has 1 aromatic carbocycles. The van der Waals surface area contributed by atoms with E-state index in [0.29, 0.717) is 5.69 Å². The van der Waals surface area contributed by atoms with Crippen LogP contribution >= 0.6 is 0 Å². The highest BCUT2D eigenvalue weighted by Crippen LogP contribution is 2.18. The molecule has 0 aromatic heterocycles. The summed E-state index contributed by atoms with van der Waals surface area (Å²) in [6.45, 7) is 5.33. The van der Waals surface area contributed by atoms with E-state index in [9.17, 15) is 4.79 Å². The molecule has 0 atom stereocenters. The maximum atomic E-state index is 10.8. The van der Waals surface area contributed by atoms with Crippen molar-refractivity contribution in [2.75, 3.05) is 17.6 Å². The van der Waals surface area contributed by atoms with E-state index in [-0.39, 0.29) is 5.56 Å². The second kappa shape index (κ2) is 6.89. The van der Waals surface area contributed by atoms with Crippen LogP contribution in [-0.2, 0) is 0 Å². The molecular weight excluding hydrogens is 228 g/mol. The molecule has 0 aliphatic rings. The van der Waals surface area contributed by atoms with Crippen LogP contribution < -0.4 is 11.1 Å². The number of carbonyl (C=O) groups is 1. The smallest absolute Gasteiger partial charge is 0.337 e. The summed E-state index contributed by atoms with van der Waals surface area (Å²) in [4.78, 5) is 10.8. The van der Waals surface area contributed by atoms with Gasteiger partial charge in [0.05, 0.1) is 5.56 Å². The molecule has 0 spiro atoms. The van der Waals surface area contributed by atoms with Crippen LogP contribution in [-0.4, -0.2) is 17.6 Å². The summed E-state index contributed by atoms with van der Waals surface area (Å²) in [7, 11) is 0. The van der Waals surface area contributed by atoms with Crippen molar-refractivity contribution in [1.29, 1.82) is 0 Å². The van der Waals surface area contributed by atoms with Gasteiger partial charge in [-0.05, 0) is 30.5 Å². The molecule has 1 rings (SSSR count). The molecule has 0 amide bonds. The summed E-state index contributed by atoms with van der Waals surface area (Å²) >= 11 is 0. The van der Waals surface area contributed by atoms with E-state index in [0.717, 1.165) is 24.6 Å². The van der Waals surface area contributed by atoms with E-state index >= 15 is 0 Å². The maximum Gasteiger partial charge on any atom is 0.337 e. The first-order valence-corrected chi connectivity index (χ1v) is 6.37. The highest BCUT2D eigenvalue weighted by Gasteiger charge is 2.07. The quantitative estimate of drug-likeness (QED) is 0.513. The number of hydrogen-bond donors (Lipinski definition) is 3. The van der Waals surface area contributed by atoms with Gasteiger partial charge in [0.15, 0.2) is 0 Å². The lowest BCUT2D eigenvalue weighted by Gasteiger charge is -2.09. The number of nitrogens with two attached hydrogens (primary N) is 1. The number of carboxylic acids is 1. The van der Waals surface area contributed by atoms with Gasteiger partial charge in [0, 0.05) is 17.9 Å². The first kappa shape index (κ1) is 14.4. The minimum absolute atomic E-state index is 0.153. The topological polar surface area (TPSA) is 75.3 Å². The molecule has 4 heteroatoms. The summed E-state index contributed by atoms with van der Waals surface area (Å²) in [5.74, 6) is -0.244. The molecule has 0 unspecified atom stereocenters. The Kier molecular flexibility index (Phi) is 5.49. The molecule has 1 aromatic rings. The Balaban J connectivity index is 2.39. The van der Waals surface area contributed by atoms with Crippen LogP contribution in [0.1, 0.15) is 43.5 Å². The van der Waals surface area contributed by atoms with Crippen molar-refractivity contribution in [2.45, 2.75) is 33.1 Å². The predicted octanol–water partition coefficient (Wildman–Crippen LogP) is 3.21. The number of rotatable bonds is 7. The summed E-state index contributed by atoms with van der Waals surface area (Å²) in [5, 5.41) is 12.1. The maximum absolute atomic E-state index is 10.8. The number of aromatic carboxylic acids is 1. The summed E-state index contributed by atoms with van der Waals surface area (Å²) in [6.07, 6.45) is 3.55. The van der Waals surface area contributed by atoms with E-state index in [2.05, 4.69) is 19.2 Å². The first-order valence-electron chi connectivity index (χ1n) is 6.37. The molecule has 0 aliphatic heterocycles. The van der Waals surface area contributed by atoms with Gasteiger partial charge >= 0.3 is 5.97 Å². The number of benzene rings is 1. The van der Waals surface area contributed by atoms with Crippen LogP contribution in [0.3, 0.4) is 0 Å². The fraction of sp³-hybridized carbons (Fsp3) is 0.500. The molecule has 18 heavy (non-hydrogen) atoms. The predicted molar refractivity (Wildman–Crippen MR) is 75.0 cm³/mol. The molecule has 100 valence electrons. The zero-order valence-electron chi connectivity index (χ0n) is 11.1. The van der Waals surface area contributed by atoms with Crippen LogP contribution in [0.2, 0.25) is 0 Å². The van der Waals surface area contributed by atoms with Crippen molar-refractivity contribution in [3.63, 3.8) is 0 Å². The molecule has 0 radical (unpaired) electrons. The first-order chi connectivity index (χ1) is 8.50. The third-order valence-electron chi connectivity index (χ3n) is 2.82.